The third-order valence-corrected chi connectivity index (χ3v) is 3.53. The van der Waals surface area contributed by atoms with Crippen LogP contribution in [0.15, 0.2) is 42.5 Å². The Balaban J connectivity index is 2.02. The number of Topliss-reactive ketones (excluding diaryl/α,β-unsaturated/α-hetero) is 1. The molecule has 0 saturated heterocycles. The number of anilines is 1. The normalized spacial score (nSPS) is 10.1. The van der Waals surface area contributed by atoms with Gasteiger partial charge in [0.1, 0.15) is 0 Å². The highest BCUT2D eigenvalue weighted by atomic mass is 35.5. The van der Waals surface area contributed by atoms with Crippen molar-refractivity contribution in [2.45, 2.75) is 6.92 Å². The Bertz CT molecular complexity index is 805. The smallest absolute Gasteiger partial charge is 0.338 e. The number of ketones is 1. The van der Waals surface area contributed by atoms with Gasteiger partial charge in [0.2, 0.25) is 11.7 Å². The molecule has 0 fully saturated rings. The molecule has 0 aliphatic heterocycles. The molecule has 0 aliphatic carbocycles. The van der Waals surface area contributed by atoms with Gasteiger partial charge in [-0.1, -0.05) is 29.3 Å². The highest BCUT2D eigenvalue weighted by Crippen LogP contribution is 2.21. The van der Waals surface area contributed by atoms with Crippen molar-refractivity contribution in [3.05, 3.63) is 63.6 Å². The molecule has 2 aromatic carbocycles. The fraction of sp³-hybridized carbons (Fsp3) is 0.118. The molecule has 0 bridgehead atoms. The number of hydrogen-bond acceptors (Lipinski definition) is 4. The van der Waals surface area contributed by atoms with Crippen LogP contribution in [-0.2, 0) is 9.53 Å². The molecule has 7 heteroatoms. The second-order valence-corrected chi connectivity index (χ2v) is 5.73. The summed E-state index contributed by atoms with van der Waals surface area (Å²) in [6.07, 6.45) is 0. The lowest BCUT2D eigenvalue weighted by Gasteiger charge is -2.07. The van der Waals surface area contributed by atoms with Crippen molar-refractivity contribution in [3.8, 4) is 0 Å². The maximum Gasteiger partial charge on any atom is 0.338 e. The summed E-state index contributed by atoms with van der Waals surface area (Å²) in [5.74, 6) is -1.38. The van der Waals surface area contributed by atoms with Gasteiger partial charge >= 0.3 is 5.97 Å². The van der Waals surface area contributed by atoms with E-state index in [4.69, 9.17) is 27.9 Å². The fourth-order valence-corrected chi connectivity index (χ4v) is 2.45. The number of esters is 1. The van der Waals surface area contributed by atoms with E-state index in [1.807, 2.05) is 0 Å². The van der Waals surface area contributed by atoms with E-state index in [-0.39, 0.29) is 22.1 Å². The quantitative estimate of drug-likeness (QED) is 0.642. The van der Waals surface area contributed by atoms with Crippen LogP contribution < -0.4 is 5.32 Å². The predicted octanol–water partition coefficient (Wildman–Crippen LogP) is 3.99. The first-order chi connectivity index (χ1) is 11.4. The number of rotatable bonds is 5. The lowest BCUT2D eigenvalue weighted by atomic mass is 10.1. The summed E-state index contributed by atoms with van der Waals surface area (Å²) in [4.78, 5) is 35.1. The Morgan fingerprint density at radius 3 is 2.50 bits per heavy atom. The van der Waals surface area contributed by atoms with Crippen LogP contribution in [0.4, 0.5) is 5.69 Å². The molecule has 0 radical (unpaired) electrons. The van der Waals surface area contributed by atoms with E-state index in [0.29, 0.717) is 10.7 Å². The van der Waals surface area contributed by atoms with Gasteiger partial charge in [-0.2, -0.15) is 0 Å². The maximum atomic E-state index is 12.1. The lowest BCUT2D eigenvalue weighted by Crippen LogP contribution is -2.15. The molecule has 0 saturated carbocycles. The van der Waals surface area contributed by atoms with E-state index in [1.165, 1.54) is 37.3 Å². The van der Waals surface area contributed by atoms with Gasteiger partial charge < -0.3 is 10.1 Å². The fourth-order valence-electron chi connectivity index (χ4n) is 1.93. The van der Waals surface area contributed by atoms with E-state index in [1.54, 1.807) is 12.1 Å². The van der Waals surface area contributed by atoms with Crippen LogP contribution in [0.5, 0.6) is 0 Å². The first-order valence-corrected chi connectivity index (χ1v) is 7.65. The zero-order valence-corrected chi connectivity index (χ0v) is 14.1. The minimum absolute atomic E-state index is 0.191. The molecule has 1 amide bonds. The minimum atomic E-state index is -0.680. The van der Waals surface area contributed by atoms with Crippen LogP contribution in [-0.4, -0.2) is 24.3 Å². The van der Waals surface area contributed by atoms with Crippen LogP contribution in [0, 0.1) is 0 Å². The average molecular weight is 366 g/mol. The molecule has 0 unspecified atom stereocenters. The largest absolute Gasteiger partial charge is 0.454 e. The Morgan fingerprint density at radius 2 is 1.83 bits per heavy atom. The van der Waals surface area contributed by atoms with Crippen molar-refractivity contribution in [1.82, 2.24) is 0 Å². The maximum absolute atomic E-state index is 12.1. The standard InChI is InChI=1S/C17H13Cl2NO4/c1-10(21)20-13-4-2-3-11(7-13)17(23)24-9-16(22)14-6-5-12(18)8-15(14)19/h2-8H,9H2,1H3,(H,20,21). The molecule has 0 heterocycles. The second-order valence-electron chi connectivity index (χ2n) is 4.89. The van der Waals surface area contributed by atoms with Crippen molar-refractivity contribution in [3.63, 3.8) is 0 Å². The Hall–Kier alpha value is -2.37. The molecule has 24 heavy (non-hydrogen) atoms. The zero-order valence-electron chi connectivity index (χ0n) is 12.6. The number of carbonyl (C=O) groups is 3. The van der Waals surface area contributed by atoms with E-state index >= 15 is 0 Å². The monoisotopic (exact) mass is 365 g/mol. The van der Waals surface area contributed by atoms with Crippen molar-refractivity contribution < 1.29 is 19.1 Å². The molecular formula is C17H13Cl2NO4. The molecule has 124 valence electrons. The van der Waals surface area contributed by atoms with E-state index in [2.05, 4.69) is 5.32 Å². The molecule has 1 N–H and O–H groups in total. The first-order valence-electron chi connectivity index (χ1n) is 6.90. The molecule has 5 nitrogen and oxygen atoms in total. The summed E-state index contributed by atoms with van der Waals surface area (Å²) >= 11 is 11.7. The molecule has 0 aromatic heterocycles. The molecular weight excluding hydrogens is 353 g/mol. The van der Waals surface area contributed by atoms with Gasteiger partial charge in [0.15, 0.2) is 6.61 Å². The van der Waals surface area contributed by atoms with Crippen LogP contribution >= 0.6 is 23.2 Å². The van der Waals surface area contributed by atoms with Crippen LogP contribution in [0.2, 0.25) is 10.0 Å². The highest BCUT2D eigenvalue weighted by Gasteiger charge is 2.15. The molecule has 2 aromatic rings. The molecule has 0 atom stereocenters. The molecule has 0 aliphatic rings. The van der Waals surface area contributed by atoms with Gasteiger partial charge in [-0.3, -0.25) is 9.59 Å². The average Bonchev–Trinajstić information content (AvgIpc) is 2.52. The van der Waals surface area contributed by atoms with Crippen molar-refractivity contribution in [1.29, 1.82) is 0 Å². The number of benzene rings is 2. The van der Waals surface area contributed by atoms with Gasteiger partial charge in [-0.15, -0.1) is 0 Å². The Labute approximate surface area is 148 Å². The predicted molar refractivity (Wildman–Crippen MR) is 91.8 cm³/mol. The van der Waals surface area contributed by atoms with Crippen molar-refractivity contribution >= 4 is 46.5 Å². The summed E-state index contributed by atoms with van der Waals surface area (Å²) in [5.41, 5.74) is 0.904. The van der Waals surface area contributed by atoms with Gasteiger partial charge in [0.05, 0.1) is 10.6 Å². The third kappa shape index (κ3) is 4.81. The third-order valence-electron chi connectivity index (χ3n) is 2.98. The van der Waals surface area contributed by atoms with Crippen LogP contribution in [0.3, 0.4) is 0 Å². The SMILES string of the molecule is CC(=O)Nc1cccc(C(=O)OCC(=O)c2ccc(Cl)cc2Cl)c1. The summed E-state index contributed by atoms with van der Waals surface area (Å²) in [7, 11) is 0. The van der Waals surface area contributed by atoms with Gasteiger partial charge in [0, 0.05) is 23.2 Å². The van der Waals surface area contributed by atoms with Crippen LogP contribution in [0.1, 0.15) is 27.6 Å². The van der Waals surface area contributed by atoms with Crippen molar-refractivity contribution in [2.24, 2.45) is 0 Å². The number of amides is 1. The van der Waals surface area contributed by atoms with Crippen molar-refractivity contribution in [2.75, 3.05) is 11.9 Å². The molecule has 0 spiro atoms. The van der Waals surface area contributed by atoms with E-state index < -0.39 is 18.4 Å². The van der Waals surface area contributed by atoms with Gasteiger partial charge in [-0.05, 0) is 36.4 Å². The number of ether oxygens (including phenoxy) is 1. The minimum Gasteiger partial charge on any atom is -0.454 e. The Morgan fingerprint density at radius 1 is 1.08 bits per heavy atom. The topological polar surface area (TPSA) is 72.5 Å². The van der Waals surface area contributed by atoms with E-state index in [9.17, 15) is 14.4 Å². The summed E-state index contributed by atoms with van der Waals surface area (Å²) < 4.78 is 5.00. The number of hydrogen-bond donors (Lipinski definition) is 1. The number of nitrogens with one attached hydrogen (secondary N) is 1. The van der Waals surface area contributed by atoms with E-state index in [0.717, 1.165) is 0 Å². The van der Waals surface area contributed by atoms with Gasteiger partial charge in [-0.25, -0.2) is 4.79 Å². The first kappa shape index (κ1) is 18.0. The zero-order chi connectivity index (χ0) is 17.7. The number of halogens is 2. The summed E-state index contributed by atoms with van der Waals surface area (Å²) in [6.45, 7) is 0.907. The Kier molecular flexibility index (Phi) is 5.95. The number of carbonyl (C=O) groups excluding carboxylic acids is 3. The highest BCUT2D eigenvalue weighted by molar-refractivity contribution is 6.36. The molecule has 2 rings (SSSR count). The van der Waals surface area contributed by atoms with Crippen LogP contribution in [0.25, 0.3) is 0 Å². The van der Waals surface area contributed by atoms with Gasteiger partial charge in [0.25, 0.3) is 0 Å². The second kappa shape index (κ2) is 7.95. The summed E-state index contributed by atoms with van der Waals surface area (Å²) in [6, 6.07) is 10.7. The lowest BCUT2D eigenvalue weighted by molar-refractivity contribution is -0.114. The summed E-state index contributed by atoms with van der Waals surface area (Å²) in [5, 5.41) is 3.16.